The number of nitro benzene ring substituents is 1. The highest BCUT2D eigenvalue weighted by atomic mass is 16.6. The topological polar surface area (TPSA) is 103 Å². The number of hydrogen-bond acceptors (Lipinski definition) is 6. The molecule has 2 aromatic carbocycles. The van der Waals surface area contributed by atoms with Gasteiger partial charge in [-0.25, -0.2) is 9.78 Å². The van der Waals surface area contributed by atoms with E-state index >= 15 is 0 Å². The standard InChI is InChI=1S/C21H17N3O5/c1-13-11-18(22-17-8-3-2-7-16(13)17)21(26)29-19-9-10-23(20(19)25)14-5-4-6-15(12-14)24(27)28/h2-8,11-12,19H,9-10H2,1H3. The van der Waals surface area contributed by atoms with Gasteiger partial charge in [0, 0.05) is 30.5 Å². The third-order valence-corrected chi connectivity index (χ3v) is 4.89. The van der Waals surface area contributed by atoms with Gasteiger partial charge >= 0.3 is 5.97 Å². The Morgan fingerprint density at radius 2 is 2.00 bits per heavy atom. The highest BCUT2D eigenvalue weighted by molar-refractivity contribution is 6.01. The van der Waals surface area contributed by atoms with Crippen molar-refractivity contribution in [1.82, 2.24) is 4.98 Å². The molecule has 0 aliphatic carbocycles. The van der Waals surface area contributed by atoms with E-state index in [-0.39, 0.29) is 11.4 Å². The minimum atomic E-state index is -0.949. The van der Waals surface area contributed by atoms with E-state index in [0.717, 1.165) is 10.9 Å². The van der Waals surface area contributed by atoms with Gasteiger partial charge in [-0.1, -0.05) is 24.3 Å². The molecule has 29 heavy (non-hydrogen) atoms. The van der Waals surface area contributed by atoms with E-state index in [0.29, 0.717) is 24.2 Å². The lowest BCUT2D eigenvalue weighted by Gasteiger charge is -2.16. The Labute approximate surface area is 165 Å². The minimum Gasteiger partial charge on any atom is -0.447 e. The number of pyridine rings is 1. The molecule has 1 aliphatic rings. The molecule has 0 N–H and O–H groups in total. The largest absolute Gasteiger partial charge is 0.447 e. The first-order valence-electron chi connectivity index (χ1n) is 9.07. The number of para-hydroxylation sites is 1. The van der Waals surface area contributed by atoms with Crippen LogP contribution in [0.5, 0.6) is 0 Å². The number of nitrogens with zero attached hydrogens (tertiary/aromatic N) is 3. The van der Waals surface area contributed by atoms with E-state index in [9.17, 15) is 19.7 Å². The van der Waals surface area contributed by atoms with Crippen LogP contribution in [0, 0.1) is 17.0 Å². The second kappa shape index (κ2) is 7.31. The average molecular weight is 391 g/mol. The zero-order chi connectivity index (χ0) is 20.5. The maximum atomic E-state index is 12.7. The van der Waals surface area contributed by atoms with E-state index in [4.69, 9.17) is 4.74 Å². The lowest BCUT2D eigenvalue weighted by molar-refractivity contribution is -0.384. The number of non-ortho nitro benzene ring substituents is 1. The number of hydrogen-bond donors (Lipinski definition) is 0. The fourth-order valence-corrected chi connectivity index (χ4v) is 3.44. The molecule has 0 bridgehead atoms. The Morgan fingerprint density at radius 1 is 1.21 bits per heavy atom. The first-order chi connectivity index (χ1) is 13.9. The summed E-state index contributed by atoms with van der Waals surface area (Å²) in [4.78, 5) is 41.4. The van der Waals surface area contributed by atoms with Crippen LogP contribution in [0.3, 0.4) is 0 Å². The lowest BCUT2D eigenvalue weighted by atomic mass is 10.1. The van der Waals surface area contributed by atoms with Crippen molar-refractivity contribution in [2.75, 3.05) is 11.4 Å². The number of carbonyl (C=O) groups is 2. The Morgan fingerprint density at radius 3 is 2.79 bits per heavy atom. The number of aryl methyl sites for hydroxylation is 1. The Bertz CT molecular complexity index is 1140. The average Bonchev–Trinajstić information content (AvgIpc) is 3.08. The monoisotopic (exact) mass is 391 g/mol. The number of rotatable bonds is 4. The molecular weight excluding hydrogens is 374 g/mol. The van der Waals surface area contributed by atoms with Crippen molar-refractivity contribution in [2.24, 2.45) is 0 Å². The molecule has 3 aromatic rings. The summed E-state index contributed by atoms with van der Waals surface area (Å²) in [5.41, 5.74) is 2.01. The fraction of sp³-hybridized carbons (Fsp3) is 0.190. The molecule has 1 atom stereocenters. The van der Waals surface area contributed by atoms with Crippen LogP contribution in [0.25, 0.3) is 10.9 Å². The molecule has 1 saturated heterocycles. The van der Waals surface area contributed by atoms with Crippen LogP contribution >= 0.6 is 0 Å². The third kappa shape index (κ3) is 3.52. The molecule has 0 spiro atoms. The molecule has 1 fully saturated rings. The number of amides is 1. The quantitative estimate of drug-likeness (QED) is 0.384. The minimum absolute atomic E-state index is 0.105. The van der Waals surface area contributed by atoms with Crippen LogP contribution in [0.4, 0.5) is 11.4 Å². The number of nitro groups is 1. The van der Waals surface area contributed by atoms with Gasteiger partial charge < -0.3 is 9.64 Å². The van der Waals surface area contributed by atoms with Gasteiger partial charge in [-0.05, 0) is 30.7 Å². The molecule has 8 nitrogen and oxygen atoms in total. The third-order valence-electron chi connectivity index (χ3n) is 4.89. The number of fused-ring (bicyclic) bond motifs is 1. The van der Waals surface area contributed by atoms with Gasteiger partial charge in [-0.3, -0.25) is 14.9 Å². The molecule has 1 aromatic heterocycles. The number of aromatic nitrogens is 1. The van der Waals surface area contributed by atoms with Crippen molar-refractivity contribution in [3.05, 3.63) is 76.0 Å². The SMILES string of the molecule is Cc1cc(C(=O)OC2CCN(c3cccc([N+](=O)[O-])c3)C2=O)nc2ccccc12. The number of carbonyl (C=O) groups excluding carboxylic acids is 2. The normalized spacial score (nSPS) is 16.2. The molecule has 2 heterocycles. The molecule has 8 heteroatoms. The summed E-state index contributed by atoms with van der Waals surface area (Å²) in [6, 6.07) is 14.9. The predicted octanol–water partition coefficient (Wildman–Crippen LogP) is 3.41. The molecular formula is C21H17N3O5. The highest BCUT2D eigenvalue weighted by Gasteiger charge is 2.36. The Kier molecular flexibility index (Phi) is 4.67. The van der Waals surface area contributed by atoms with E-state index in [2.05, 4.69) is 4.98 Å². The van der Waals surface area contributed by atoms with Crippen LogP contribution in [-0.2, 0) is 9.53 Å². The predicted molar refractivity (Wildman–Crippen MR) is 106 cm³/mol. The van der Waals surface area contributed by atoms with Crippen LogP contribution < -0.4 is 4.90 Å². The second-order valence-corrected chi connectivity index (χ2v) is 6.79. The van der Waals surface area contributed by atoms with E-state index in [1.165, 1.54) is 23.1 Å². The smallest absolute Gasteiger partial charge is 0.357 e. The number of ether oxygens (including phenoxy) is 1. The van der Waals surface area contributed by atoms with Crippen LogP contribution in [-0.4, -0.2) is 34.4 Å². The van der Waals surface area contributed by atoms with Gasteiger partial charge in [0.25, 0.3) is 11.6 Å². The maximum absolute atomic E-state index is 12.7. The molecule has 0 radical (unpaired) electrons. The molecule has 1 unspecified atom stereocenters. The highest BCUT2D eigenvalue weighted by Crippen LogP contribution is 2.27. The summed E-state index contributed by atoms with van der Waals surface area (Å²) in [6.07, 6.45) is -0.643. The van der Waals surface area contributed by atoms with E-state index in [1.807, 2.05) is 31.2 Å². The first kappa shape index (κ1) is 18.5. The molecule has 0 saturated carbocycles. The first-order valence-corrected chi connectivity index (χ1v) is 9.07. The Balaban J connectivity index is 1.52. The number of benzene rings is 2. The van der Waals surface area contributed by atoms with Gasteiger partial charge in [0.2, 0.25) is 0 Å². The van der Waals surface area contributed by atoms with E-state index in [1.54, 1.807) is 12.1 Å². The zero-order valence-electron chi connectivity index (χ0n) is 15.6. The Hall–Kier alpha value is -3.81. The summed E-state index contributed by atoms with van der Waals surface area (Å²) in [7, 11) is 0. The summed E-state index contributed by atoms with van der Waals surface area (Å²) in [6.45, 7) is 2.19. The number of anilines is 1. The van der Waals surface area contributed by atoms with Crippen LogP contribution in [0.1, 0.15) is 22.5 Å². The van der Waals surface area contributed by atoms with Gasteiger partial charge in [-0.15, -0.1) is 0 Å². The molecule has 1 aliphatic heterocycles. The van der Waals surface area contributed by atoms with Crippen molar-refractivity contribution in [1.29, 1.82) is 0 Å². The van der Waals surface area contributed by atoms with Crippen molar-refractivity contribution >= 4 is 34.2 Å². The molecule has 1 amide bonds. The van der Waals surface area contributed by atoms with Gasteiger partial charge in [-0.2, -0.15) is 0 Å². The molecule has 4 rings (SSSR count). The van der Waals surface area contributed by atoms with Crippen LogP contribution in [0.2, 0.25) is 0 Å². The molecule has 146 valence electrons. The van der Waals surface area contributed by atoms with Gasteiger partial charge in [0.15, 0.2) is 6.10 Å². The zero-order valence-corrected chi connectivity index (χ0v) is 15.6. The summed E-state index contributed by atoms with van der Waals surface area (Å²) in [5.74, 6) is -1.07. The lowest BCUT2D eigenvalue weighted by Crippen LogP contribution is -2.32. The maximum Gasteiger partial charge on any atom is 0.357 e. The van der Waals surface area contributed by atoms with Crippen molar-refractivity contribution < 1.29 is 19.2 Å². The second-order valence-electron chi connectivity index (χ2n) is 6.79. The summed E-state index contributed by atoms with van der Waals surface area (Å²) < 4.78 is 5.42. The summed E-state index contributed by atoms with van der Waals surface area (Å²) in [5, 5.41) is 11.9. The van der Waals surface area contributed by atoms with Crippen molar-refractivity contribution in [2.45, 2.75) is 19.4 Å². The van der Waals surface area contributed by atoms with Crippen molar-refractivity contribution in [3.63, 3.8) is 0 Å². The number of esters is 1. The van der Waals surface area contributed by atoms with Gasteiger partial charge in [0.1, 0.15) is 5.69 Å². The van der Waals surface area contributed by atoms with E-state index < -0.39 is 22.9 Å². The fourth-order valence-electron chi connectivity index (χ4n) is 3.44. The summed E-state index contributed by atoms with van der Waals surface area (Å²) >= 11 is 0. The van der Waals surface area contributed by atoms with Crippen LogP contribution in [0.15, 0.2) is 54.6 Å². The van der Waals surface area contributed by atoms with Gasteiger partial charge in [0.05, 0.1) is 16.1 Å². The van der Waals surface area contributed by atoms with Crippen molar-refractivity contribution in [3.8, 4) is 0 Å².